The molecule has 0 aliphatic carbocycles. The largest absolute Gasteiger partial charge is 0.369 e. The van der Waals surface area contributed by atoms with Gasteiger partial charge < -0.3 is 10.3 Å². The highest BCUT2D eigenvalue weighted by Gasteiger charge is 2.31. The van der Waals surface area contributed by atoms with Gasteiger partial charge in [0.1, 0.15) is 0 Å². The summed E-state index contributed by atoms with van der Waals surface area (Å²) in [7, 11) is -3.18. The van der Waals surface area contributed by atoms with E-state index in [9.17, 15) is 8.42 Å². The molecule has 0 bridgehead atoms. The summed E-state index contributed by atoms with van der Waals surface area (Å²) in [5.41, 5.74) is 8.66. The van der Waals surface area contributed by atoms with Gasteiger partial charge in [-0.25, -0.2) is 13.4 Å². The standard InChI is InChI=1S/C13H19N3O2S/c1-9-5-6-11-10(7-9)15-12(14)16(11)8-13(2,3)19(4,17)18/h5-7H,8H2,1-4H3,(H2,14,15). The van der Waals surface area contributed by atoms with Gasteiger partial charge in [-0.1, -0.05) is 6.07 Å². The molecule has 1 heterocycles. The zero-order chi connectivity index (χ0) is 14.4. The predicted molar refractivity (Wildman–Crippen MR) is 77.8 cm³/mol. The highest BCUT2D eigenvalue weighted by Crippen LogP contribution is 2.25. The lowest BCUT2D eigenvalue weighted by Gasteiger charge is -2.23. The van der Waals surface area contributed by atoms with Crippen molar-refractivity contribution in [1.29, 1.82) is 0 Å². The maximum absolute atomic E-state index is 11.8. The molecule has 0 fully saturated rings. The molecule has 0 radical (unpaired) electrons. The summed E-state index contributed by atoms with van der Waals surface area (Å²) in [4.78, 5) is 4.29. The van der Waals surface area contributed by atoms with E-state index in [4.69, 9.17) is 5.73 Å². The molecule has 104 valence electrons. The number of sulfone groups is 1. The van der Waals surface area contributed by atoms with Crippen LogP contribution in [0.2, 0.25) is 0 Å². The van der Waals surface area contributed by atoms with Gasteiger partial charge in [0.2, 0.25) is 5.95 Å². The fraction of sp³-hybridized carbons (Fsp3) is 0.462. The number of aromatic nitrogens is 2. The van der Waals surface area contributed by atoms with Gasteiger partial charge in [-0.15, -0.1) is 0 Å². The highest BCUT2D eigenvalue weighted by atomic mass is 32.2. The van der Waals surface area contributed by atoms with E-state index < -0.39 is 14.6 Å². The number of fused-ring (bicyclic) bond motifs is 1. The molecule has 0 amide bonds. The number of benzene rings is 1. The summed E-state index contributed by atoms with van der Waals surface area (Å²) < 4.78 is 24.5. The van der Waals surface area contributed by atoms with E-state index in [0.717, 1.165) is 16.6 Å². The maximum Gasteiger partial charge on any atom is 0.201 e. The molecule has 0 aliphatic rings. The fourth-order valence-electron chi connectivity index (χ4n) is 1.92. The molecule has 2 N–H and O–H groups in total. The Hall–Kier alpha value is -1.56. The van der Waals surface area contributed by atoms with Crippen molar-refractivity contribution in [3.8, 4) is 0 Å². The highest BCUT2D eigenvalue weighted by molar-refractivity contribution is 7.92. The summed E-state index contributed by atoms with van der Waals surface area (Å²) in [5.74, 6) is 0.345. The molecule has 0 spiro atoms. The van der Waals surface area contributed by atoms with Gasteiger partial charge >= 0.3 is 0 Å². The van der Waals surface area contributed by atoms with Crippen LogP contribution in [0.4, 0.5) is 5.95 Å². The Balaban J connectivity index is 2.55. The fourth-order valence-corrected chi connectivity index (χ4v) is 2.29. The van der Waals surface area contributed by atoms with E-state index in [0.29, 0.717) is 5.95 Å². The third kappa shape index (κ3) is 2.45. The third-order valence-corrected chi connectivity index (χ3v) is 5.61. The molecule has 2 rings (SSSR count). The molecule has 6 heteroatoms. The van der Waals surface area contributed by atoms with Crippen molar-refractivity contribution in [1.82, 2.24) is 9.55 Å². The van der Waals surface area contributed by atoms with Crippen molar-refractivity contribution in [2.75, 3.05) is 12.0 Å². The van der Waals surface area contributed by atoms with E-state index in [-0.39, 0.29) is 6.54 Å². The molecule has 0 aliphatic heterocycles. The molecule has 1 aromatic carbocycles. The van der Waals surface area contributed by atoms with Gasteiger partial charge in [0.05, 0.1) is 15.8 Å². The van der Waals surface area contributed by atoms with Gasteiger partial charge in [-0.2, -0.15) is 0 Å². The first-order chi connectivity index (χ1) is 8.62. The van der Waals surface area contributed by atoms with Crippen molar-refractivity contribution in [3.05, 3.63) is 23.8 Å². The molecule has 1 aromatic heterocycles. The van der Waals surface area contributed by atoms with Crippen molar-refractivity contribution < 1.29 is 8.42 Å². The number of nitrogens with zero attached hydrogens (tertiary/aromatic N) is 2. The molecule has 0 saturated carbocycles. The van der Waals surface area contributed by atoms with Crippen molar-refractivity contribution in [2.45, 2.75) is 32.1 Å². The first kappa shape index (κ1) is 13.9. The molecular weight excluding hydrogens is 262 g/mol. The number of rotatable bonds is 3. The van der Waals surface area contributed by atoms with E-state index in [2.05, 4.69) is 4.98 Å². The zero-order valence-corrected chi connectivity index (χ0v) is 12.5. The lowest BCUT2D eigenvalue weighted by atomic mass is 10.2. The summed E-state index contributed by atoms with van der Waals surface area (Å²) in [6.45, 7) is 5.66. The Morgan fingerprint density at radius 2 is 2.00 bits per heavy atom. The SMILES string of the molecule is Cc1ccc2c(c1)nc(N)n2CC(C)(C)S(C)(=O)=O. The lowest BCUT2D eigenvalue weighted by molar-refractivity contribution is 0.511. The van der Waals surface area contributed by atoms with E-state index in [1.807, 2.05) is 25.1 Å². The summed E-state index contributed by atoms with van der Waals surface area (Å²) in [5, 5.41) is 0. The number of hydrogen-bond donors (Lipinski definition) is 1. The van der Waals surface area contributed by atoms with Crippen LogP contribution in [0.5, 0.6) is 0 Å². The van der Waals surface area contributed by atoms with Crippen molar-refractivity contribution >= 4 is 26.8 Å². The minimum Gasteiger partial charge on any atom is -0.369 e. The maximum atomic E-state index is 11.8. The predicted octanol–water partition coefficient (Wildman–Crippen LogP) is 1.75. The molecule has 2 aromatic rings. The Kier molecular flexibility index (Phi) is 3.09. The lowest BCUT2D eigenvalue weighted by Crippen LogP contribution is -2.36. The minimum atomic E-state index is -3.18. The molecule has 0 atom stereocenters. The van der Waals surface area contributed by atoms with Gasteiger partial charge in [-0.3, -0.25) is 0 Å². The van der Waals surface area contributed by atoms with Crippen LogP contribution >= 0.6 is 0 Å². The van der Waals surface area contributed by atoms with Crippen LogP contribution in [0.3, 0.4) is 0 Å². The van der Waals surface area contributed by atoms with Crippen LogP contribution in [0.25, 0.3) is 11.0 Å². The third-order valence-electron chi connectivity index (χ3n) is 3.48. The summed E-state index contributed by atoms with van der Waals surface area (Å²) in [6, 6.07) is 5.83. The van der Waals surface area contributed by atoms with Crippen LogP contribution in [0.1, 0.15) is 19.4 Å². The number of nitrogen functional groups attached to an aromatic ring is 1. The van der Waals surface area contributed by atoms with Gasteiger partial charge in [0, 0.05) is 12.8 Å². The van der Waals surface area contributed by atoms with Crippen LogP contribution < -0.4 is 5.73 Å². The summed E-state index contributed by atoms with van der Waals surface area (Å²) >= 11 is 0. The molecular formula is C13H19N3O2S. The van der Waals surface area contributed by atoms with Crippen molar-refractivity contribution in [2.24, 2.45) is 0 Å². The van der Waals surface area contributed by atoms with E-state index in [1.54, 1.807) is 18.4 Å². The quantitative estimate of drug-likeness (QED) is 0.929. The number of anilines is 1. The first-order valence-corrected chi connectivity index (χ1v) is 7.93. The van der Waals surface area contributed by atoms with Gasteiger partial charge in [0.25, 0.3) is 0 Å². The normalized spacial score (nSPS) is 13.1. The second-order valence-corrected chi connectivity index (χ2v) is 8.23. The summed E-state index contributed by atoms with van der Waals surface area (Å²) in [6.07, 6.45) is 1.24. The zero-order valence-electron chi connectivity index (χ0n) is 11.6. The molecule has 0 saturated heterocycles. The number of aryl methyl sites for hydroxylation is 1. The first-order valence-electron chi connectivity index (χ1n) is 6.04. The molecule has 0 unspecified atom stereocenters. The monoisotopic (exact) mass is 281 g/mol. The smallest absolute Gasteiger partial charge is 0.201 e. The van der Waals surface area contributed by atoms with E-state index >= 15 is 0 Å². The van der Waals surface area contributed by atoms with E-state index in [1.165, 1.54) is 6.26 Å². The van der Waals surface area contributed by atoms with Crippen LogP contribution in [0, 0.1) is 6.92 Å². The Morgan fingerprint density at radius 3 is 2.58 bits per heavy atom. The number of imidazole rings is 1. The molecule has 5 nitrogen and oxygen atoms in total. The average molecular weight is 281 g/mol. The van der Waals surface area contributed by atoms with Crippen molar-refractivity contribution in [3.63, 3.8) is 0 Å². The number of nitrogens with two attached hydrogens (primary N) is 1. The Morgan fingerprint density at radius 1 is 1.37 bits per heavy atom. The second-order valence-electron chi connectivity index (χ2n) is 5.58. The second kappa shape index (κ2) is 4.23. The Bertz CT molecular complexity index is 730. The van der Waals surface area contributed by atoms with Crippen LogP contribution in [-0.2, 0) is 16.4 Å². The minimum absolute atomic E-state index is 0.289. The number of hydrogen-bond acceptors (Lipinski definition) is 4. The van der Waals surface area contributed by atoms with Gasteiger partial charge in [-0.05, 0) is 38.5 Å². The van der Waals surface area contributed by atoms with Gasteiger partial charge in [0.15, 0.2) is 9.84 Å². The Labute approximate surface area is 113 Å². The molecule has 19 heavy (non-hydrogen) atoms. The van der Waals surface area contributed by atoms with Crippen LogP contribution in [-0.4, -0.2) is 29.0 Å². The van der Waals surface area contributed by atoms with Crippen LogP contribution in [0.15, 0.2) is 18.2 Å². The topological polar surface area (TPSA) is 78.0 Å². The average Bonchev–Trinajstić information content (AvgIpc) is 2.52.